The third-order valence-corrected chi connectivity index (χ3v) is 4.23. The number of carbonyl (C=O) groups is 1. The number of benzene rings is 2. The van der Waals surface area contributed by atoms with Crippen molar-refractivity contribution in [2.24, 2.45) is 4.99 Å². The van der Waals surface area contributed by atoms with Gasteiger partial charge in [0.15, 0.2) is 11.3 Å². The van der Waals surface area contributed by atoms with Crippen LogP contribution in [0.25, 0.3) is 0 Å². The third kappa shape index (κ3) is 2.34. The fourth-order valence-electron chi connectivity index (χ4n) is 2.51. The zero-order valence-corrected chi connectivity index (χ0v) is 12.4. The molecule has 0 saturated carbocycles. The molecule has 0 saturated heterocycles. The van der Waals surface area contributed by atoms with Gasteiger partial charge in [0.05, 0.1) is 12.3 Å². The van der Waals surface area contributed by atoms with Crippen molar-refractivity contribution in [1.82, 2.24) is 0 Å². The van der Waals surface area contributed by atoms with Crippen LogP contribution >= 0.6 is 11.6 Å². The summed E-state index contributed by atoms with van der Waals surface area (Å²) in [6, 6.07) is 17.8. The number of carbonyl (C=O) groups excluding carboxylic acids is 1. The maximum Gasteiger partial charge on any atom is 0.190 e. The molecular formula is C17H15ClN2O. The molecule has 1 unspecified atom stereocenters. The minimum Gasteiger partial charge on any atom is -0.348 e. The molecule has 1 aliphatic rings. The molecule has 21 heavy (non-hydrogen) atoms. The van der Waals surface area contributed by atoms with Gasteiger partial charge in [0.2, 0.25) is 0 Å². The molecule has 1 heterocycles. The van der Waals surface area contributed by atoms with E-state index in [9.17, 15) is 4.79 Å². The van der Waals surface area contributed by atoms with Crippen LogP contribution in [-0.4, -0.2) is 30.6 Å². The summed E-state index contributed by atoms with van der Waals surface area (Å²) >= 11 is 6.45. The second-order valence-electron chi connectivity index (χ2n) is 5.04. The summed E-state index contributed by atoms with van der Waals surface area (Å²) in [4.78, 5) is 16.7. The van der Waals surface area contributed by atoms with Crippen LogP contribution < -0.4 is 4.90 Å². The standard InChI is InChI=1S/C17H15ClN2O/c1-20-15-10-6-5-9-14(15)16(13-7-3-2-4-8-13)19-11-17(20,18)12-21/h2-10,12H,11H2,1H3. The van der Waals surface area contributed by atoms with Gasteiger partial charge in [-0.25, -0.2) is 0 Å². The first-order chi connectivity index (χ1) is 10.2. The number of aliphatic imine (C=N–C) groups is 1. The lowest BCUT2D eigenvalue weighted by atomic mass is 10.0. The Hall–Kier alpha value is -2.13. The van der Waals surface area contributed by atoms with Crippen LogP contribution in [0.1, 0.15) is 11.1 Å². The van der Waals surface area contributed by atoms with E-state index in [1.54, 1.807) is 4.90 Å². The normalized spacial score (nSPS) is 21.2. The highest BCUT2D eigenvalue weighted by Gasteiger charge is 2.36. The fraction of sp³-hybridized carbons (Fsp3) is 0.176. The highest BCUT2D eigenvalue weighted by Crippen LogP contribution is 2.33. The van der Waals surface area contributed by atoms with Crippen molar-refractivity contribution >= 4 is 29.3 Å². The van der Waals surface area contributed by atoms with E-state index >= 15 is 0 Å². The Morgan fingerprint density at radius 3 is 2.52 bits per heavy atom. The first kappa shape index (κ1) is 13.8. The molecule has 106 valence electrons. The number of para-hydroxylation sites is 1. The fourth-order valence-corrected chi connectivity index (χ4v) is 2.66. The SMILES string of the molecule is CN1c2ccccc2C(c2ccccc2)=NCC1(Cl)C=O. The number of aldehydes is 1. The molecule has 0 radical (unpaired) electrons. The second kappa shape index (κ2) is 5.34. The lowest BCUT2D eigenvalue weighted by molar-refractivity contribution is -0.109. The maximum atomic E-state index is 11.5. The predicted octanol–water partition coefficient (Wildman–Crippen LogP) is 3.11. The molecule has 0 bridgehead atoms. The molecule has 1 aliphatic heterocycles. The van der Waals surface area contributed by atoms with Gasteiger partial charge in [0.1, 0.15) is 0 Å². The average molecular weight is 299 g/mol. The van der Waals surface area contributed by atoms with Crippen LogP contribution in [-0.2, 0) is 4.79 Å². The number of halogens is 1. The largest absolute Gasteiger partial charge is 0.348 e. The monoisotopic (exact) mass is 298 g/mol. The van der Waals surface area contributed by atoms with Gasteiger partial charge in [-0.1, -0.05) is 60.1 Å². The first-order valence-electron chi connectivity index (χ1n) is 6.74. The second-order valence-corrected chi connectivity index (χ2v) is 5.70. The number of anilines is 1. The number of benzodiazepines with no additional fused rings is 1. The van der Waals surface area contributed by atoms with Crippen molar-refractivity contribution in [2.45, 2.75) is 5.00 Å². The number of rotatable bonds is 2. The zero-order valence-electron chi connectivity index (χ0n) is 11.7. The Bertz CT molecular complexity index is 699. The van der Waals surface area contributed by atoms with Gasteiger partial charge < -0.3 is 4.90 Å². The zero-order chi connectivity index (χ0) is 14.9. The van der Waals surface area contributed by atoms with Crippen LogP contribution in [0.2, 0.25) is 0 Å². The van der Waals surface area contributed by atoms with Gasteiger partial charge in [-0.3, -0.25) is 9.79 Å². The summed E-state index contributed by atoms with van der Waals surface area (Å²) < 4.78 is 0. The Labute approximate surface area is 128 Å². The van der Waals surface area contributed by atoms with Crippen molar-refractivity contribution in [1.29, 1.82) is 0 Å². The summed E-state index contributed by atoms with van der Waals surface area (Å²) in [7, 11) is 1.82. The number of nitrogens with zero attached hydrogens (tertiary/aromatic N) is 2. The van der Waals surface area contributed by atoms with Gasteiger partial charge in [0, 0.05) is 23.9 Å². The van der Waals surface area contributed by atoms with E-state index in [1.165, 1.54) is 0 Å². The van der Waals surface area contributed by atoms with E-state index in [0.717, 1.165) is 28.8 Å². The van der Waals surface area contributed by atoms with Crippen LogP contribution in [0.5, 0.6) is 0 Å². The van der Waals surface area contributed by atoms with Crippen molar-refractivity contribution < 1.29 is 4.79 Å². The van der Waals surface area contributed by atoms with Gasteiger partial charge >= 0.3 is 0 Å². The topological polar surface area (TPSA) is 32.7 Å². The van der Waals surface area contributed by atoms with E-state index in [1.807, 2.05) is 61.6 Å². The maximum absolute atomic E-state index is 11.5. The summed E-state index contributed by atoms with van der Waals surface area (Å²) in [6.45, 7) is 0.216. The van der Waals surface area contributed by atoms with E-state index in [2.05, 4.69) is 4.99 Å². The van der Waals surface area contributed by atoms with Crippen LogP contribution in [0, 0.1) is 0 Å². The molecule has 0 fully saturated rings. The Morgan fingerprint density at radius 2 is 1.81 bits per heavy atom. The highest BCUT2D eigenvalue weighted by molar-refractivity contribution is 6.34. The van der Waals surface area contributed by atoms with Crippen LogP contribution in [0.4, 0.5) is 5.69 Å². The summed E-state index contributed by atoms with van der Waals surface area (Å²) in [5.41, 5.74) is 3.77. The average Bonchev–Trinajstić information content (AvgIpc) is 2.65. The minimum atomic E-state index is -1.15. The molecule has 0 aliphatic carbocycles. The van der Waals surface area contributed by atoms with Gasteiger partial charge in [-0.15, -0.1) is 0 Å². The van der Waals surface area contributed by atoms with Crippen LogP contribution in [0.3, 0.4) is 0 Å². The summed E-state index contributed by atoms with van der Waals surface area (Å²) in [5, 5.41) is 0. The quantitative estimate of drug-likeness (QED) is 0.485. The molecular weight excluding hydrogens is 284 g/mol. The van der Waals surface area contributed by atoms with Crippen LogP contribution in [0.15, 0.2) is 59.6 Å². The van der Waals surface area contributed by atoms with Crippen molar-refractivity contribution in [3.63, 3.8) is 0 Å². The number of hydrogen-bond donors (Lipinski definition) is 0. The van der Waals surface area contributed by atoms with E-state index in [0.29, 0.717) is 0 Å². The van der Waals surface area contributed by atoms with E-state index in [4.69, 9.17) is 11.6 Å². The minimum absolute atomic E-state index is 0.216. The molecule has 3 nitrogen and oxygen atoms in total. The van der Waals surface area contributed by atoms with Crippen molar-refractivity contribution in [3.05, 3.63) is 65.7 Å². The molecule has 0 aromatic heterocycles. The van der Waals surface area contributed by atoms with Crippen molar-refractivity contribution in [2.75, 3.05) is 18.5 Å². The highest BCUT2D eigenvalue weighted by atomic mass is 35.5. The molecule has 0 N–H and O–H groups in total. The van der Waals surface area contributed by atoms with Crippen molar-refractivity contribution in [3.8, 4) is 0 Å². The molecule has 0 spiro atoms. The Kier molecular flexibility index (Phi) is 3.52. The number of hydrogen-bond acceptors (Lipinski definition) is 3. The molecule has 0 amide bonds. The smallest absolute Gasteiger partial charge is 0.190 e. The summed E-state index contributed by atoms with van der Waals surface area (Å²) in [6.07, 6.45) is 0.753. The summed E-state index contributed by atoms with van der Waals surface area (Å²) in [5.74, 6) is 0. The molecule has 4 heteroatoms. The molecule has 2 aromatic rings. The number of fused-ring (bicyclic) bond motifs is 1. The van der Waals surface area contributed by atoms with Gasteiger partial charge in [-0.05, 0) is 6.07 Å². The Morgan fingerprint density at radius 1 is 1.14 bits per heavy atom. The van der Waals surface area contributed by atoms with E-state index < -0.39 is 5.00 Å². The molecule has 3 rings (SSSR count). The Balaban J connectivity index is 2.22. The number of likely N-dealkylation sites (N-methyl/N-ethyl adjacent to an activating group) is 1. The predicted molar refractivity (Wildman–Crippen MR) is 86.4 cm³/mol. The molecule has 1 atom stereocenters. The lowest BCUT2D eigenvalue weighted by Gasteiger charge is -2.31. The van der Waals surface area contributed by atoms with E-state index in [-0.39, 0.29) is 6.54 Å². The molecule has 2 aromatic carbocycles. The third-order valence-electron chi connectivity index (χ3n) is 3.76. The number of alkyl halides is 1. The van der Waals surface area contributed by atoms with Gasteiger partial charge in [-0.2, -0.15) is 0 Å². The van der Waals surface area contributed by atoms with Gasteiger partial charge in [0.25, 0.3) is 0 Å². The first-order valence-corrected chi connectivity index (χ1v) is 7.12. The lowest BCUT2D eigenvalue weighted by Crippen LogP contribution is -2.45.